The highest BCUT2D eigenvalue weighted by atomic mass is 32.2. The largest absolute Gasteiger partial charge is 0.354 e. The lowest BCUT2D eigenvalue weighted by Crippen LogP contribution is -2.44. The maximum absolute atomic E-state index is 11.1. The fraction of sp³-hybridized carbons (Fsp3) is 0.500. The van der Waals surface area contributed by atoms with Gasteiger partial charge in [-0.25, -0.2) is 18.5 Å². The fourth-order valence-electron chi connectivity index (χ4n) is 1.76. The number of sulfonamides is 1. The number of rotatable bonds is 2. The maximum atomic E-state index is 11.1. The molecule has 0 unspecified atom stereocenters. The molecule has 1 aromatic rings. The van der Waals surface area contributed by atoms with E-state index in [9.17, 15) is 8.42 Å². The molecule has 1 aromatic heterocycles. The van der Waals surface area contributed by atoms with E-state index in [-0.39, 0.29) is 4.90 Å². The van der Waals surface area contributed by atoms with Gasteiger partial charge in [-0.3, -0.25) is 0 Å². The van der Waals surface area contributed by atoms with Crippen LogP contribution in [0, 0.1) is 0 Å². The molecule has 17 heavy (non-hydrogen) atoms. The number of piperazine rings is 1. The molecule has 6 nitrogen and oxygen atoms in total. The minimum atomic E-state index is -3.65. The lowest BCUT2D eigenvalue weighted by Gasteiger charge is -2.33. The van der Waals surface area contributed by atoms with Gasteiger partial charge in [0.15, 0.2) is 0 Å². The lowest BCUT2D eigenvalue weighted by atomic mass is 10.3. The first-order chi connectivity index (χ1) is 7.97. The van der Waals surface area contributed by atoms with Gasteiger partial charge in [-0.2, -0.15) is 0 Å². The Labute approximate surface area is 101 Å². The Morgan fingerprint density at radius 2 is 1.88 bits per heavy atom. The Morgan fingerprint density at radius 1 is 1.24 bits per heavy atom. The first-order valence-corrected chi connectivity index (χ1v) is 6.94. The van der Waals surface area contributed by atoms with Crippen LogP contribution in [0.3, 0.4) is 0 Å². The van der Waals surface area contributed by atoms with Crippen molar-refractivity contribution >= 4 is 15.8 Å². The molecule has 1 aliphatic rings. The van der Waals surface area contributed by atoms with E-state index in [1.54, 1.807) is 6.07 Å². The third-order valence-electron chi connectivity index (χ3n) is 2.88. The van der Waals surface area contributed by atoms with Gasteiger partial charge in [0, 0.05) is 32.4 Å². The molecule has 2 N–H and O–H groups in total. The molecule has 7 heteroatoms. The zero-order chi connectivity index (χ0) is 12.5. The second-order valence-electron chi connectivity index (χ2n) is 4.19. The van der Waals surface area contributed by atoms with Crippen molar-refractivity contribution in [2.75, 3.05) is 38.1 Å². The zero-order valence-corrected chi connectivity index (χ0v) is 10.5. The number of hydrogen-bond donors (Lipinski definition) is 1. The predicted octanol–water partition coefficient (Wildman–Crippen LogP) is -0.519. The summed E-state index contributed by atoms with van der Waals surface area (Å²) in [6, 6.07) is 3.20. The van der Waals surface area contributed by atoms with Gasteiger partial charge in [-0.1, -0.05) is 0 Å². The Kier molecular flexibility index (Phi) is 3.32. The number of pyridine rings is 1. The molecular formula is C10H16N4O2S. The monoisotopic (exact) mass is 256 g/mol. The molecule has 2 rings (SSSR count). The third-order valence-corrected chi connectivity index (χ3v) is 3.78. The summed E-state index contributed by atoms with van der Waals surface area (Å²) in [7, 11) is -1.57. The van der Waals surface area contributed by atoms with Crippen LogP contribution in [-0.4, -0.2) is 51.5 Å². The van der Waals surface area contributed by atoms with Crippen LogP contribution in [0.1, 0.15) is 0 Å². The molecule has 0 bridgehead atoms. The topological polar surface area (TPSA) is 79.5 Å². The highest BCUT2D eigenvalue weighted by Gasteiger charge is 2.16. The molecule has 0 aromatic carbocycles. The standard InChI is InChI=1S/C10H16N4O2S/c1-13-4-6-14(7-5-13)10-3-2-9(8-12-10)17(11,15)16/h2-3,8H,4-7H2,1H3,(H2,11,15,16). The second-order valence-corrected chi connectivity index (χ2v) is 5.75. The van der Waals surface area contributed by atoms with Crippen LogP contribution in [0.15, 0.2) is 23.2 Å². The molecule has 0 amide bonds. The van der Waals surface area contributed by atoms with E-state index in [0.717, 1.165) is 32.0 Å². The van der Waals surface area contributed by atoms with Gasteiger partial charge >= 0.3 is 0 Å². The van der Waals surface area contributed by atoms with Crippen LogP contribution in [0.4, 0.5) is 5.82 Å². The van der Waals surface area contributed by atoms with Crippen LogP contribution in [-0.2, 0) is 10.0 Å². The summed E-state index contributed by atoms with van der Waals surface area (Å²) in [6.45, 7) is 3.77. The summed E-state index contributed by atoms with van der Waals surface area (Å²) in [5.41, 5.74) is 0. The molecule has 94 valence electrons. The van der Waals surface area contributed by atoms with E-state index < -0.39 is 10.0 Å². The summed E-state index contributed by atoms with van der Waals surface area (Å²) in [6.07, 6.45) is 1.31. The predicted molar refractivity (Wildman–Crippen MR) is 65.3 cm³/mol. The van der Waals surface area contributed by atoms with Gasteiger partial charge in [-0.05, 0) is 19.2 Å². The number of aromatic nitrogens is 1. The van der Waals surface area contributed by atoms with Crippen LogP contribution >= 0.6 is 0 Å². The van der Waals surface area contributed by atoms with Crippen LogP contribution in [0.2, 0.25) is 0 Å². The van der Waals surface area contributed by atoms with E-state index in [4.69, 9.17) is 5.14 Å². The van der Waals surface area contributed by atoms with E-state index in [0.29, 0.717) is 0 Å². The zero-order valence-electron chi connectivity index (χ0n) is 9.70. The van der Waals surface area contributed by atoms with E-state index in [2.05, 4.69) is 21.8 Å². The molecule has 1 aliphatic heterocycles. The number of likely N-dealkylation sites (N-methyl/N-ethyl adjacent to an activating group) is 1. The average molecular weight is 256 g/mol. The quantitative estimate of drug-likeness (QED) is 0.770. The summed E-state index contributed by atoms with van der Waals surface area (Å²) < 4.78 is 22.2. The van der Waals surface area contributed by atoms with Gasteiger partial charge in [0.25, 0.3) is 0 Å². The second kappa shape index (κ2) is 4.59. The number of primary sulfonamides is 1. The number of nitrogens with two attached hydrogens (primary N) is 1. The Bertz CT molecular complexity index is 478. The lowest BCUT2D eigenvalue weighted by molar-refractivity contribution is 0.312. The van der Waals surface area contributed by atoms with Crippen molar-refractivity contribution in [1.29, 1.82) is 0 Å². The number of hydrogen-bond acceptors (Lipinski definition) is 5. The van der Waals surface area contributed by atoms with E-state index >= 15 is 0 Å². The minimum Gasteiger partial charge on any atom is -0.354 e. The van der Waals surface area contributed by atoms with Crippen molar-refractivity contribution < 1.29 is 8.42 Å². The summed E-state index contributed by atoms with van der Waals surface area (Å²) >= 11 is 0. The van der Waals surface area contributed by atoms with Crippen LogP contribution < -0.4 is 10.0 Å². The normalized spacial score (nSPS) is 18.4. The van der Waals surface area contributed by atoms with Crippen molar-refractivity contribution in [1.82, 2.24) is 9.88 Å². The number of anilines is 1. The number of nitrogens with zero attached hydrogens (tertiary/aromatic N) is 3. The van der Waals surface area contributed by atoms with Crippen molar-refractivity contribution in [2.45, 2.75) is 4.90 Å². The van der Waals surface area contributed by atoms with Gasteiger partial charge in [0.1, 0.15) is 10.7 Å². The highest BCUT2D eigenvalue weighted by molar-refractivity contribution is 7.89. The molecule has 2 heterocycles. The SMILES string of the molecule is CN1CCN(c2ccc(S(N)(=O)=O)cn2)CC1. The van der Waals surface area contributed by atoms with Gasteiger partial charge in [-0.15, -0.1) is 0 Å². The average Bonchev–Trinajstić information content (AvgIpc) is 2.29. The third kappa shape index (κ3) is 2.93. The van der Waals surface area contributed by atoms with Crippen LogP contribution in [0.5, 0.6) is 0 Å². The molecule has 0 radical (unpaired) electrons. The maximum Gasteiger partial charge on any atom is 0.239 e. The van der Waals surface area contributed by atoms with Crippen molar-refractivity contribution in [3.63, 3.8) is 0 Å². The van der Waals surface area contributed by atoms with Crippen molar-refractivity contribution in [3.05, 3.63) is 18.3 Å². The van der Waals surface area contributed by atoms with Gasteiger partial charge in [0.05, 0.1) is 0 Å². The Balaban J connectivity index is 2.13. The summed E-state index contributed by atoms with van der Waals surface area (Å²) in [5.74, 6) is 0.797. The minimum absolute atomic E-state index is 0.0513. The smallest absolute Gasteiger partial charge is 0.239 e. The highest BCUT2D eigenvalue weighted by Crippen LogP contribution is 2.15. The first-order valence-electron chi connectivity index (χ1n) is 5.39. The van der Waals surface area contributed by atoms with Crippen LogP contribution in [0.25, 0.3) is 0 Å². The molecule has 0 atom stereocenters. The van der Waals surface area contributed by atoms with Crippen molar-refractivity contribution in [3.8, 4) is 0 Å². The Morgan fingerprint density at radius 3 is 2.35 bits per heavy atom. The van der Waals surface area contributed by atoms with Crippen molar-refractivity contribution in [2.24, 2.45) is 5.14 Å². The molecular weight excluding hydrogens is 240 g/mol. The van der Waals surface area contributed by atoms with E-state index in [1.807, 2.05) is 0 Å². The fourth-order valence-corrected chi connectivity index (χ4v) is 2.22. The molecule has 0 spiro atoms. The molecule has 0 saturated carbocycles. The van der Waals surface area contributed by atoms with Gasteiger partial charge < -0.3 is 9.80 Å². The first kappa shape index (κ1) is 12.3. The molecule has 1 fully saturated rings. The Hall–Kier alpha value is -1.18. The molecule has 1 saturated heterocycles. The molecule has 0 aliphatic carbocycles. The summed E-state index contributed by atoms with van der Waals surface area (Å²) in [5, 5.41) is 5.02. The van der Waals surface area contributed by atoms with Gasteiger partial charge in [0.2, 0.25) is 10.0 Å². The summed E-state index contributed by atoms with van der Waals surface area (Å²) in [4.78, 5) is 8.57. The van der Waals surface area contributed by atoms with E-state index in [1.165, 1.54) is 12.3 Å².